The maximum Gasteiger partial charge on any atom is 0.391 e. The molecule has 1 unspecified atom stereocenters. The molecule has 56 valence electrons. The molecular formula is C5H5F3N2. The van der Waals surface area contributed by atoms with Crippen LogP contribution in [0.25, 0.3) is 0 Å². The minimum atomic E-state index is -4.14. The van der Waals surface area contributed by atoms with Gasteiger partial charge in [0.2, 0.25) is 0 Å². The Kier molecular flexibility index (Phi) is 1.82. The summed E-state index contributed by atoms with van der Waals surface area (Å²) in [4.78, 5) is 3.38. The van der Waals surface area contributed by atoms with E-state index in [2.05, 4.69) is 16.6 Å². The van der Waals surface area contributed by atoms with Gasteiger partial charge < -0.3 is 5.32 Å². The Hall–Kier alpha value is -0.740. The Morgan fingerprint density at radius 2 is 2.30 bits per heavy atom. The van der Waals surface area contributed by atoms with E-state index in [0.29, 0.717) is 0 Å². The third kappa shape index (κ3) is 2.24. The topological polar surface area (TPSA) is 24.4 Å². The Morgan fingerprint density at radius 1 is 1.60 bits per heavy atom. The second-order valence-corrected chi connectivity index (χ2v) is 1.94. The predicted octanol–water partition coefficient (Wildman–Crippen LogP) is 0.978. The van der Waals surface area contributed by atoms with Crippen molar-refractivity contribution in [2.45, 2.75) is 18.6 Å². The van der Waals surface area contributed by atoms with Crippen LogP contribution in [0, 0.1) is 6.54 Å². The van der Waals surface area contributed by atoms with Gasteiger partial charge in [0, 0.05) is 0 Å². The van der Waals surface area contributed by atoms with Crippen LogP contribution in [0.15, 0.2) is 4.99 Å². The van der Waals surface area contributed by atoms with Crippen molar-refractivity contribution >= 4 is 6.34 Å². The van der Waals surface area contributed by atoms with E-state index in [9.17, 15) is 13.2 Å². The standard InChI is InChI=1S/C5H5F3N2/c6-5(7,8)1-4-2-9-3-10-4/h2,4H,1H2,(H,9,10). The molecule has 1 rings (SSSR count). The van der Waals surface area contributed by atoms with Gasteiger partial charge in [0.05, 0.1) is 19.0 Å². The van der Waals surface area contributed by atoms with E-state index in [1.807, 2.05) is 0 Å². The number of rotatable bonds is 1. The van der Waals surface area contributed by atoms with Gasteiger partial charge in [0.25, 0.3) is 0 Å². The summed E-state index contributed by atoms with van der Waals surface area (Å²) in [6, 6.07) is -0.792. The molecule has 0 fully saturated rings. The fourth-order valence-corrected chi connectivity index (χ4v) is 0.633. The molecular weight excluding hydrogens is 145 g/mol. The highest BCUT2D eigenvalue weighted by molar-refractivity contribution is 5.58. The number of aliphatic imine (C=N–C) groups is 1. The highest BCUT2D eigenvalue weighted by Crippen LogP contribution is 2.24. The van der Waals surface area contributed by atoms with E-state index >= 15 is 0 Å². The average Bonchev–Trinajstić information content (AvgIpc) is 2.12. The van der Waals surface area contributed by atoms with Crippen molar-refractivity contribution in [1.82, 2.24) is 5.32 Å². The summed E-state index contributed by atoms with van der Waals surface area (Å²) in [5, 5.41) is 2.35. The van der Waals surface area contributed by atoms with E-state index in [-0.39, 0.29) is 0 Å². The largest absolute Gasteiger partial charge is 0.391 e. The van der Waals surface area contributed by atoms with Gasteiger partial charge in [-0.05, 0) is 0 Å². The molecule has 1 aliphatic rings. The van der Waals surface area contributed by atoms with Crippen LogP contribution in [-0.4, -0.2) is 18.6 Å². The smallest absolute Gasteiger partial charge is 0.360 e. The molecule has 1 aliphatic heterocycles. The van der Waals surface area contributed by atoms with Gasteiger partial charge in [0.15, 0.2) is 6.34 Å². The second-order valence-electron chi connectivity index (χ2n) is 1.94. The average molecular weight is 150 g/mol. The molecule has 1 heterocycles. The summed E-state index contributed by atoms with van der Waals surface area (Å²) in [6.07, 6.45) is -2.84. The van der Waals surface area contributed by atoms with Crippen LogP contribution in [0.3, 0.4) is 0 Å². The predicted molar refractivity (Wildman–Crippen MR) is 29.3 cm³/mol. The molecule has 0 aromatic carbocycles. The van der Waals surface area contributed by atoms with Crippen LogP contribution in [-0.2, 0) is 0 Å². The van der Waals surface area contributed by atoms with Crippen LogP contribution in [0.1, 0.15) is 6.42 Å². The summed E-state index contributed by atoms with van der Waals surface area (Å²) in [5.41, 5.74) is 0. The normalized spacial score (nSPS) is 24.9. The first-order chi connectivity index (χ1) is 4.58. The Morgan fingerprint density at radius 3 is 2.70 bits per heavy atom. The third-order valence-corrected chi connectivity index (χ3v) is 1.01. The quantitative estimate of drug-likeness (QED) is 0.592. The van der Waals surface area contributed by atoms with E-state index in [1.54, 1.807) is 0 Å². The number of halogens is 3. The van der Waals surface area contributed by atoms with Crippen molar-refractivity contribution < 1.29 is 13.2 Å². The van der Waals surface area contributed by atoms with E-state index < -0.39 is 18.6 Å². The van der Waals surface area contributed by atoms with Gasteiger partial charge in [-0.3, -0.25) is 4.99 Å². The van der Waals surface area contributed by atoms with E-state index in [1.165, 1.54) is 6.54 Å². The van der Waals surface area contributed by atoms with Crippen LogP contribution >= 0.6 is 0 Å². The van der Waals surface area contributed by atoms with Crippen molar-refractivity contribution in [1.29, 1.82) is 0 Å². The monoisotopic (exact) mass is 150 g/mol. The molecule has 5 heteroatoms. The summed E-state index contributed by atoms with van der Waals surface area (Å²) < 4.78 is 34.7. The number of nitrogens with one attached hydrogen (secondary N) is 1. The molecule has 10 heavy (non-hydrogen) atoms. The Bertz CT molecular complexity index is 140. The lowest BCUT2D eigenvalue weighted by Gasteiger charge is -2.08. The fourth-order valence-electron chi connectivity index (χ4n) is 0.633. The number of alkyl halides is 3. The highest BCUT2D eigenvalue weighted by Gasteiger charge is 2.32. The lowest BCUT2D eigenvalue weighted by atomic mass is 10.2. The molecule has 1 N–H and O–H groups in total. The highest BCUT2D eigenvalue weighted by atomic mass is 19.4. The molecule has 1 atom stereocenters. The molecule has 2 nitrogen and oxygen atoms in total. The minimum Gasteiger partial charge on any atom is -0.360 e. The van der Waals surface area contributed by atoms with Gasteiger partial charge in [0.1, 0.15) is 0 Å². The molecule has 0 spiro atoms. The van der Waals surface area contributed by atoms with E-state index in [4.69, 9.17) is 0 Å². The molecule has 0 bridgehead atoms. The minimum absolute atomic E-state index is 0.792. The first-order valence-electron chi connectivity index (χ1n) is 2.68. The molecule has 2 radical (unpaired) electrons. The zero-order valence-corrected chi connectivity index (χ0v) is 4.94. The maximum absolute atomic E-state index is 11.6. The van der Waals surface area contributed by atoms with Gasteiger partial charge in [-0.15, -0.1) is 0 Å². The van der Waals surface area contributed by atoms with Gasteiger partial charge in [-0.2, -0.15) is 13.2 Å². The zero-order valence-electron chi connectivity index (χ0n) is 4.94. The van der Waals surface area contributed by atoms with Crippen LogP contribution in [0.4, 0.5) is 13.2 Å². The first kappa shape index (κ1) is 7.37. The number of hydrogen-bond donors (Lipinski definition) is 1. The lowest BCUT2D eigenvalue weighted by Crippen LogP contribution is -2.18. The maximum atomic E-state index is 11.6. The van der Waals surface area contributed by atoms with Crippen molar-refractivity contribution in [3.63, 3.8) is 0 Å². The lowest BCUT2D eigenvalue weighted by molar-refractivity contribution is -0.136. The molecule has 0 aromatic rings. The third-order valence-electron chi connectivity index (χ3n) is 1.01. The van der Waals surface area contributed by atoms with Crippen LogP contribution < -0.4 is 5.32 Å². The first-order valence-corrected chi connectivity index (χ1v) is 2.68. The van der Waals surface area contributed by atoms with Crippen molar-refractivity contribution in [2.75, 3.05) is 0 Å². The SMILES string of the molecule is FC(F)(F)CC1[CH]N[C]=N1. The van der Waals surface area contributed by atoms with Crippen molar-refractivity contribution in [2.24, 2.45) is 4.99 Å². The molecule has 0 aliphatic carbocycles. The fraction of sp³-hybridized carbons (Fsp3) is 0.600. The summed E-state index contributed by atoms with van der Waals surface area (Å²) >= 11 is 0. The van der Waals surface area contributed by atoms with Crippen LogP contribution in [0.2, 0.25) is 0 Å². The van der Waals surface area contributed by atoms with Gasteiger partial charge in [-0.25, -0.2) is 0 Å². The van der Waals surface area contributed by atoms with Crippen LogP contribution in [0.5, 0.6) is 0 Å². The molecule has 0 aromatic heterocycles. The Balaban J connectivity index is 2.31. The van der Waals surface area contributed by atoms with Gasteiger partial charge >= 0.3 is 6.18 Å². The summed E-state index contributed by atoms with van der Waals surface area (Å²) in [7, 11) is 0. The molecule has 0 amide bonds. The summed E-state index contributed by atoms with van der Waals surface area (Å²) in [6.45, 7) is 1.26. The van der Waals surface area contributed by atoms with Crippen molar-refractivity contribution in [3.8, 4) is 0 Å². The van der Waals surface area contributed by atoms with E-state index in [0.717, 1.165) is 0 Å². The molecule has 0 saturated carbocycles. The van der Waals surface area contributed by atoms with Crippen molar-refractivity contribution in [3.05, 3.63) is 6.54 Å². The zero-order chi connectivity index (χ0) is 7.61. The number of hydrogen-bond acceptors (Lipinski definition) is 2. The molecule has 0 saturated heterocycles. The van der Waals surface area contributed by atoms with Gasteiger partial charge in [-0.1, -0.05) is 0 Å². The Labute approximate surface area is 56.1 Å². The summed E-state index contributed by atoms with van der Waals surface area (Å²) in [5.74, 6) is 0. The number of nitrogens with zero attached hydrogens (tertiary/aromatic N) is 1. The second kappa shape index (κ2) is 2.48.